The molecule has 2 aromatic rings. The topological polar surface area (TPSA) is 35.0 Å². The van der Waals surface area contributed by atoms with Gasteiger partial charge in [0.15, 0.2) is 0 Å². The van der Waals surface area contributed by atoms with E-state index < -0.39 is 11.7 Å². The van der Waals surface area contributed by atoms with E-state index in [1.807, 2.05) is 0 Å². The lowest BCUT2D eigenvalue weighted by molar-refractivity contribution is -0.137. The minimum absolute atomic E-state index is 0.0452. The van der Waals surface area contributed by atoms with Crippen LogP contribution in [0.4, 0.5) is 13.2 Å². The van der Waals surface area contributed by atoms with Gasteiger partial charge in [-0.2, -0.15) is 13.2 Å². The Hall–Kier alpha value is -2.11. The molecular formula is C13H11F3N2O. The molecule has 2 rings (SSSR count). The summed E-state index contributed by atoms with van der Waals surface area (Å²) in [6.45, 7) is 1.62. The lowest BCUT2D eigenvalue weighted by Gasteiger charge is -2.10. The molecule has 3 nitrogen and oxygen atoms in total. The maximum atomic E-state index is 12.6. The molecule has 19 heavy (non-hydrogen) atoms. The van der Waals surface area contributed by atoms with E-state index in [1.165, 1.54) is 6.92 Å². The molecule has 0 aromatic carbocycles. The Bertz CT molecular complexity index is 556. The summed E-state index contributed by atoms with van der Waals surface area (Å²) in [4.78, 5) is 7.81. The van der Waals surface area contributed by atoms with Crippen molar-refractivity contribution in [3.05, 3.63) is 53.5 Å². The summed E-state index contributed by atoms with van der Waals surface area (Å²) in [5.41, 5.74) is 0.261. The van der Waals surface area contributed by atoms with Crippen molar-refractivity contribution in [2.24, 2.45) is 0 Å². The van der Waals surface area contributed by atoms with Gasteiger partial charge in [-0.3, -0.25) is 4.98 Å². The van der Waals surface area contributed by atoms with Crippen molar-refractivity contribution in [2.45, 2.75) is 19.7 Å². The quantitative estimate of drug-likeness (QED) is 0.856. The normalized spacial score (nSPS) is 11.4. The first-order chi connectivity index (χ1) is 8.95. The molecule has 0 aliphatic heterocycles. The minimum atomic E-state index is -4.40. The molecule has 0 bridgehead atoms. The van der Waals surface area contributed by atoms with Gasteiger partial charge in [0.05, 0.1) is 5.56 Å². The lowest BCUT2D eigenvalue weighted by Crippen LogP contribution is -2.07. The molecule has 0 amide bonds. The number of nitrogens with zero attached hydrogens (tertiary/aromatic N) is 2. The van der Waals surface area contributed by atoms with Crippen LogP contribution in [0.25, 0.3) is 0 Å². The summed E-state index contributed by atoms with van der Waals surface area (Å²) >= 11 is 0. The second-order valence-electron chi connectivity index (χ2n) is 3.98. The summed E-state index contributed by atoms with van der Waals surface area (Å²) in [5.74, 6) is -0.0452. The fourth-order valence-electron chi connectivity index (χ4n) is 1.52. The fraction of sp³-hybridized carbons (Fsp3) is 0.231. The van der Waals surface area contributed by atoms with Crippen LogP contribution in [-0.2, 0) is 12.8 Å². The number of hydrogen-bond donors (Lipinski definition) is 0. The van der Waals surface area contributed by atoms with E-state index in [-0.39, 0.29) is 18.2 Å². The highest BCUT2D eigenvalue weighted by atomic mass is 19.4. The fourth-order valence-corrected chi connectivity index (χ4v) is 1.52. The maximum Gasteiger partial charge on any atom is 0.416 e. The van der Waals surface area contributed by atoms with E-state index in [9.17, 15) is 13.2 Å². The van der Waals surface area contributed by atoms with Gasteiger partial charge in [0.25, 0.3) is 0 Å². The Morgan fingerprint density at radius 2 is 2.05 bits per heavy atom. The van der Waals surface area contributed by atoms with Crippen LogP contribution in [-0.4, -0.2) is 9.97 Å². The van der Waals surface area contributed by atoms with Crippen molar-refractivity contribution in [1.82, 2.24) is 9.97 Å². The molecule has 100 valence electrons. The summed E-state index contributed by atoms with van der Waals surface area (Å²) < 4.78 is 43.1. The second-order valence-corrected chi connectivity index (χ2v) is 3.98. The Kier molecular flexibility index (Phi) is 3.69. The van der Waals surface area contributed by atoms with E-state index in [2.05, 4.69) is 9.97 Å². The van der Waals surface area contributed by atoms with E-state index in [4.69, 9.17) is 4.74 Å². The lowest BCUT2D eigenvalue weighted by atomic mass is 10.2. The Morgan fingerprint density at radius 3 is 2.68 bits per heavy atom. The van der Waals surface area contributed by atoms with Crippen LogP contribution < -0.4 is 4.74 Å². The Labute approximate surface area is 108 Å². The number of ether oxygens (including phenoxy) is 1. The predicted molar refractivity (Wildman–Crippen MR) is 62.5 cm³/mol. The highest BCUT2D eigenvalue weighted by molar-refractivity contribution is 5.27. The smallest absolute Gasteiger partial charge is 0.416 e. The minimum Gasteiger partial charge on any atom is -0.473 e. The van der Waals surface area contributed by atoms with Crippen molar-refractivity contribution < 1.29 is 17.9 Å². The van der Waals surface area contributed by atoms with Crippen LogP contribution in [0.5, 0.6) is 5.88 Å². The zero-order valence-electron chi connectivity index (χ0n) is 10.1. The third-order valence-electron chi connectivity index (χ3n) is 2.37. The van der Waals surface area contributed by atoms with E-state index in [1.54, 1.807) is 24.5 Å². The van der Waals surface area contributed by atoms with Gasteiger partial charge >= 0.3 is 6.18 Å². The van der Waals surface area contributed by atoms with Crippen LogP contribution in [0.3, 0.4) is 0 Å². The van der Waals surface area contributed by atoms with Crippen molar-refractivity contribution >= 4 is 0 Å². The molecule has 0 spiro atoms. The molecule has 0 saturated heterocycles. The summed E-state index contributed by atoms with van der Waals surface area (Å²) in [6.07, 6.45) is -1.21. The van der Waals surface area contributed by atoms with Gasteiger partial charge in [0.1, 0.15) is 6.61 Å². The molecule has 0 N–H and O–H groups in total. The number of aromatic nitrogens is 2. The molecule has 2 aromatic heterocycles. The van der Waals surface area contributed by atoms with Gasteiger partial charge in [0.2, 0.25) is 5.88 Å². The third-order valence-corrected chi connectivity index (χ3v) is 2.37. The Balaban J connectivity index is 2.15. The van der Waals surface area contributed by atoms with E-state index in [0.29, 0.717) is 0 Å². The largest absolute Gasteiger partial charge is 0.473 e. The molecule has 0 atom stereocenters. The number of halogens is 3. The summed E-state index contributed by atoms with van der Waals surface area (Å²) in [5, 5.41) is 0. The van der Waals surface area contributed by atoms with Gasteiger partial charge in [0, 0.05) is 29.7 Å². The van der Waals surface area contributed by atoms with Crippen LogP contribution in [0.2, 0.25) is 0 Å². The number of aryl methyl sites for hydroxylation is 1. The molecular weight excluding hydrogens is 257 g/mol. The zero-order valence-corrected chi connectivity index (χ0v) is 10.1. The monoisotopic (exact) mass is 268 g/mol. The van der Waals surface area contributed by atoms with Gasteiger partial charge < -0.3 is 4.74 Å². The van der Waals surface area contributed by atoms with E-state index in [0.717, 1.165) is 17.7 Å². The molecule has 6 heteroatoms. The molecule has 2 heterocycles. The molecule has 0 fully saturated rings. The first-order valence-electron chi connectivity index (χ1n) is 5.53. The molecule has 0 saturated carbocycles. The van der Waals surface area contributed by atoms with E-state index >= 15 is 0 Å². The molecule has 0 aliphatic carbocycles. The number of pyridine rings is 2. The van der Waals surface area contributed by atoms with Gasteiger partial charge in [-0.15, -0.1) is 0 Å². The first-order valence-corrected chi connectivity index (χ1v) is 5.53. The van der Waals surface area contributed by atoms with Crippen molar-refractivity contribution in [3.63, 3.8) is 0 Å². The van der Waals surface area contributed by atoms with Crippen molar-refractivity contribution in [2.75, 3.05) is 0 Å². The van der Waals surface area contributed by atoms with Crippen LogP contribution in [0.1, 0.15) is 16.8 Å². The van der Waals surface area contributed by atoms with Gasteiger partial charge in [-0.25, -0.2) is 4.98 Å². The molecule has 0 aliphatic rings. The van der Waals surface area contributed by atoms with Crippen molar-refractivity contribution in [1.29, 1.82) is 0 Å². The molecule has 0 radical (unpaired) electrons. The predicted octanol–water partition coefficient (Wildman–Crippen LogP) is 3.38. The average Bonchev–Trinajstić information content (AvgIpc) is 2.36. The highest BCUT2D eigenvalue weighted by Crippen LogP contribution is 2.31. The van der Waals surface area contributed by atoms with Gasteiger partial charge in [-0.1, -0.05) is 6.07 Å². The van der Waals surface area contributed by atoms with Crippen LogP contribution in [0.15, 0.2) is 36.7 Å². The zero-order chi connectivity index (χ0) is 13.9. The van der Waals surface area contributed by atoms with Crippen molar-refractivity contribution in [3.8, 4) is 5.88 Å². The number of hydrogen-bond acceptors (Lipinski definition) is 3. The first kappa shape index (κ1) is 13.3. The molecule has 0 unspecified atom stereocenters. The van der Waals surface area contributed by atoms with Crippen LogP contribution >= 0.6 is 0 Å². The number of rotatable bonds is 3. The summed E-state index contributed by atoms with van der Waals surface area (Å²) in [7, 11) is 0. The SMILES string of the molecule is Cc1cc(C(F)(F)F)cc(OCc2cccnc2)n1. The Morgan fingerprint density at radius 1 is 1.26 bits per heavy atom. The van der Waals surface area contributed by atoms with Crippen LogP contribution in [0, 0.1) is 6.92 Å². The number of alkyl halides is 3. The highest BCUT2D eigenvalue weighted by Gasteiger charge is 2.31. The third kappa shape index (κ3) is 3.67. The second kappa shape index (κ2) is 5.26. The summed E-state index contributed by atoms with van der Waals surface area (Å²) in [6, 6.07) is 5.37. The maximum absolute atomic E-state index is 12.6. The standard InChI is InChI=1S/C13H11F3N2O/c1-9-5-11(13(14,15)16)6-12(18-9)19-8-10-3-2-4-17-7-10/h2-7H,8H2,1H3. The average molecular weight is 268 g/mol. The van der Waals surface area contributed by atoms with Gasteiger partial charge in [-0.05, 0) is 19.1 Å².